The highest BCUT2D eigenvalue weighted by Gasteiger charge is 2.17. The molecule has 0 saturated carbocycles. The van der Waals surface area contributed by atoms with Gasteiger partial charge in [0.05, 0.1) is 6.61 Å². The van der Waals surface area contributed by atoms with Gasteiger partial charge >= 0.3 is 0 Å². The maximum Gasteiger partial charge on any atom is 0.249 e. The van der Waals surface area contributed by atoms with Crippen LogP contribution in [0.1, 0.15) is 19.8 Å². The topological polar surface area (TPSA) is 50.4 Å². The molecule has 4 nitrogen and oxygen atoms in total. The smallest absolute Gasteiger partial charge is 0.249 e. The van der Waals surface area contributed by atoms with Crippen LogP contribution in [0.15, 0.2) is 12.7 Å². The van der Waals surface area contributed by atoms with Crippen molar-refractivity contribution in [3.05, 3.63) is 12.7 Å². The number of carbonyl (C=O) groups is 1. The van der Waals surface area contributed by atoms with E-state index in [2.05, 4.69) is 17.2 Å². The molecule has 2 unspecified atom stereocenters. The normalized spacial score (nSPS) is 22.4. The van der Waals surface area contributed by atoms with E-state index in [1.54, 1.807) is 13.0 Å². The number of amides is 1. The zero-order valence-corrected chi connectivity index (χ0v) is 10.00. The average Bonchev–Trinajstić information content (AvgIpc) is 2.34. The van der Waals surface area contributed by atoms with Crippen LogP contribution in [0.3, 0.4) is 0 Å². The van der Waals surface area contributed by atoms with Gasteiger partial charge in [-0.15, -0.1) is 6.58 Å². The average molecular weight is 226 g/mol. The summed E-state index contributed by atoms with van der Waals surface area (Å²) in [5.41, 5.74) is 0. The molecule has 16 heavy (non-hydrogen) atoms. The summed E-state index contributed by atoms with van der Waals surface area (Å²) in [6.07, 6.45) is 3.68. The molecule has 1 fully saturated rings. The number of ether oxygens (including phenoxy) is 1. The highest BCUT2D eigenvalue weighted by atomic mass is 16.5. The Morgan fingerprint density at radius 3 is 3.19 bits per heavy atom. The lowest BCUT2D eigenvalue weighted by Gasteiger charge is -2.24. The van der Waals surface area contributed by atoms with Crippen molar-refractivity contribution in [1.82, 2.24) is 10.6 Å². The molecule has 2 N–H and O–H groups in total. The van der Waals surface area contributed by atoms with Crippen molar-refractivity contribution < 1.29 is 9.53 Å². The molecule has 0 aromatic rings. The standard InChI is InChI=1S/C12H22N2O2/c1-3-6-14-12(15)10(2)16-9-11-5-4-7-13-8-11/h3,10-11,13H,1,4-9H2,2H3,(H,14,15). The minimum absolute atomic E-state index is 0.0660. The first-order chi connectivity index (χ1) is 7.74. The fourth-order valence-corrected chi connectivity index (χ4v) is 1.74. The summed E-state index contributed by atoms with van der Waals surface area (Å²) in [7, 11) is 0. The Hall–Kier alpha value is -0.870. The van der Waals surface area contributed by atoms with Crippen molar-refractivity contribution >= 4 is 5.91 Å². The SMILES string of the molecule is C=CCNC(=O)C(C)OCC1CCCNC1. The van der Waals surface area contributed by atoms with Crippen LogP contribution in [-0.2, 0) is 9.53 Å². The van der Waals surface area contributed by atoms with E-state index in [4.69, 9.17) is 4.74 Å². The third-order valence-corrected chi connectivity index (χ3v) is 2.77. The minimum atomic E-state index is -0.373. The van der Waals surface area contributed by atoms with Crippen molar-refractivity contribution in [2.45, 2.75) is 25.9 Å². The van der Waals surface area contributed by atoms with E-state index < -0.39 is 0 Å². The predicted octanol–water partition coefficient (Wildman–Crippen LogP) is 0.693. The second-order valence-electron chi connectivity index (χ2n) is 4.22. The summed E-state index contributed by atoms with van der Waals surface area (Å²) in [4.78, 5) is 11.5. The van der Waals surface area contributed by atoms with E-state index in [-0.39, 0.29) is 12.0 Å². The summed E-state index contributed by atoms with van der Waals surface area (Å²) in [6, 6.07) is 0. The third kappa shape index (κ3) is 4.77. The Labute approximate surface area is 97.4 Å². The first kappa shape index (κ1) is 13.2. The van der Waals surface area contributed by atoms with Gasteiger partial charge in [0, 0.05) is 13.1 Å². The summed E-state index contributed by atoms with van der Waals surface area (Å²) in [5.74, 6) is 0.479. The molecule has 0 spiro atoms. The molecule has 1 amide bonds. The Morgan fingerprint density at radius 1 is 1.75 bits per heavy atom. The molecule has 2 atom stereocenters. The van der Waals surface area contributed by atoms with Crippen molar-refractivity contribution in [3.63, 3.8) is 0 Å². The van der Waals surface area contributed by atoms with Gasteiger partial charge in [-0.25, -0.2) is 0 Å². The van der Waals surface area contributed by atoms with Gasteiger partial charge in [-0.3, -0.25) is 4.79 Å². The molecule has 0 aromatic carbocycles. The molecular weight excluding hydrogens is 204 g/mol. The summed E-state index contributed by atoms with van der Waals surface area (Å²) in [5, 5.41) is 6.05. The second-order valence-corrected chi connectivity index (χ2v) is 4.22. The van der Waals surface area contributed by atoms with E-state index in [1.165, 1.54) is 12.8 Å². The molecule has 0 aliphatic carbocycles. The van der Waals surface area contributed by atoms with E-state index in [1.807, 2.05) is 0 Å². The third-order valence-electron chi connectivity index (χ3n) is 2.77. The van der Waals surface area contributed by atoms with Crippen LogP contribution in [0.2, 0.25) is 0 Å². The van der Waals surface area contributed by atoms with Crippen molar-refractivity contribution in [3.8, 4) is 0 Å². The molecule has 1 heterocycles. The van der Waals surface area contributed by atoms with Gasteiger partial charge in [-0.1, -0.05) is 6.08 Å². The Balaban J connectivity index is 2.15. The Kier molecular flexibility index (Phi) is 6.11. The number of rotatable bonds is 6. The van der Waals surface area contributed by atoms with Crippen LogP contribution < -0.4 is 10.6 Å². The van der Waals surface area contributed by atoms with Crippen molar-refractivity contribution in [1.29, 1.82) is 0 Å². The minimum Gasteiger partial charge on any atom is -0.368 e. The molecule has 1 rings (SSSR count). The summed E-state index contributed by atoms with van der Waals surface area (Å²) < 4.78 is 5.55. The van der Waals surface area contributed by atoms with Crippen LogP contribution in [0.25, 0.3) is 0 Å². The molecule has 1 aliphatic rings. The molecule has 0 bridgehead atoms. The van der Waals surface area contributed by atoms with E-state index >= 15 is 0 Å². The number of piperidine rings is 1. The van der Waals surface area contributed by atoms with Gasteiger partial charge in [0.2, 0.25) is 5.91 Å². The molecule has 4 heteroatoms. The number of nitrogens with one attached hydrogen (secondary N) is 2. The van der Waals surface area contributed by atoms with Crippen LogP contribution in [0, 0.1) is 5.92 Å². The van der Waals surface area contributed by atoms with Gasteiger partial charge in [0.15, 0.2) is 0 Å². The zero-order chi connectivity index (χ0) is 11.8. The highest BCUT2D eigenvalue weighted by molar-refractivity contribution is 5.80. The van der Waals surface area contributed by atoms with Gasteiger partial charge < -0.3 is 15.4 Å². The van der Waals surface area contributed by atoms with E-state index in [9.17, 15) is 4.79 Å². The van der Waals surface area contributed by atoms with Crippen LogP contribution in [0.5, 0.6) is 0 Å². The molecular formula is C12H22N2O2. The van der Waals surface area contributed by atoms with Crippen molar-refractivity contribution in [2.75, 3.05) is 26.2 Å². The monoisotopic (exact) mass is 226 g/mol. The Bertz CT molecular complexity index is 225. The summed E-state index contributed by atoms with van der Waals surface area (Å²) >= 11 is 0. The fraction of sp³-hybridized carbons (Fsp3) is 0.750. The fourth-order valence-electron chi connectivity index (χ4n) is 1.74. The first-order valence-electron chi connectivity index (χ1n) is 5.95. The quantitative estimate of drug-likeness (QED) is 0.655. The molecule has 1 aliphatic heterocycles. The summed E-state index contributed by atoms with van der Waals surface area (Å²) in [6.45, 7) is 8.60. The molecule has 0 radical (unpaired) electrons. The van der Waals surface area contributed by atoms with Crippen LogP contribution >= 0.6 is 0 Å². The van der Waals surface area contributed by atoms with E-state index in [0.717, 1.165) is 13.1 Å². The van der Waals surface area contributed by atoms with Gasteiger partial charge in [0.25, 0.3) is 0 Å². The maximum absolute atomic E-state index is 11.5. The largest absolute Gasteiger partial charge is 0.368 e. The van der Waals surface area contributed by atoms with Gasteiger partial charge in [0.1, 0.15) is 6.10 Å². The van der Waals surface area contributed by atoms with Gasteiger partial charge in [-0.2, -0.15) is 0 Å². The van der Waals surface area contributed by atoms with Crippen molar-refractivity contribution in [2.24, 2.45) is 5.92 Å². The van der Waals surface area contributed by atoms with Crippen LogP contribution in [-0.4, -0.2) is 38.3 Å². The zero-order valence-electron chi connectivity index (χ0n) is 10.00. The molecule has 1 saturated heterocycles. The first-order valence-corrected chi connectivity index (χ1v) is 5.95. The highest BCUT2D eigenvalue weighted by Crippen LogP contribution is 2.10. The maximum atomic E-state index is 11.5. The second kappa shape index (κ2) is 7.41. The number of hydrogen-bond donors (Lipinski definition) is 2. The Morgan fingerprint density at radius 2 is 2.56 bits per heavy atom. The lowest BCUT2D eigenvalue weighted by atomic mass is 10.0. The molecule has 92 valence electrons. The number of hydrogen-bond acceptors (Lipinski definition) is 3. The number of carbonyl (C=O) groups excluding carboxylic acids is 1. The van der Waals surface area contributed by atoms with Gasteiger partial charge in [-0.05, 0) is 32.2 Å². The lowest BCUT2D eigenvalue weighted by molar-refractivity contribution is -0.132. The predicted molar refractivity (Wildman–Crippen MR) is 64.2 cm³/mol. The molecule has 0 aromatic heterocycles. The van der Waals surface area contributed by atoms with E-state index in [0.29, 0.717) is 19.1 Å². The lowest BCUT2D eigenvalue weighted by Crippen LogP contribution is -2.38. The van der Waals surface area contributed by atoms with Crippen LogP contribution in [0.4, 0.5) is 0 Å².